The van der Waals surface area contributed by atoms with Crippen molar-refractivity contribution in [2.24, 2.45) is 0 Å². The van der Waals surface area contributed by atoms with E-state index in [1.807, 2.05) is 0 Å². The van der Waals surface area contributed by atoms with E-state index in [1.54, 1.807) is 0 Å². The molecule has 0 bridgehead atoms. The molecule has 0 saturated heterocycles. The van der Waals surface area contributed by atoms with Gasteiger partial charge >= 0.3 is 0 Å². The lowest BCUT2D eigenvalue weighted by atomic mass is 10.2. The lowest BCUT2D eigenvalue weighted by molar-refractivity contribution is 0.000658. The Bertz CT molecular complexity index is 351. The summed E-state index contributed by atoms with van der Waals surface area (Å²) in [5.74, 6) is -2.70. The van der Waals surface area contributed by atoms with Gasteiger partial charge in [-0.1, -0.05) is 0 Å². The predicted molar refractivity (Wildman–Crippen MR) is 44.5 cm³/mol. The highest BCUT2D eigenvalue weighted by Crippen LogP contribution is 2.35. The zero-order chi connectivity index (χ0) is 9.64. The van der Waals surface area contributed by atoms with Gasteiger partial charge in [-0.25, -0.2) is 8.78 Å². The first-order valence-corrected chi connectivity index (χ1v) is 4.55. The molecule has 0 atom stereocenters. The van der Waals surface area contributed by atoms with Gasteiger partial charge in [0.1, 0.15) is 12.2 Å². The molecule has 1 N–H and O–H groups in total. The van der Waals surface area contributed by atoms with Crippen LogP contribution in [0.3, 0.4) is 0 Å². The number of alkyl halides is 2. The molecule has 1 aromatic rings. The highest BCUT2D eigenvalue weighted by molar-refractivity contribution is 9.10. The number of hydrogen-bond donors (Lipinski definition) is 1. The summed E-state index contributed by atoms with van der Waals surface area (Å²) in [5.41, 5.74) is 0.888. The lowest BCUT2D eigenvalue weighted by Gasteiger charge is -2.05. The predicted octanol–water partition coefficient (Wildman–Crippen LogP) is 1.33. The number of hydrogen-bond acceptors (Lipinski definition) is 2. The van der Waals surface area contributed by atoms with Crippen LogP contribution in [-0.2, 0) is 19.6 Å². The van der Waals surface area contributed by atoms with E-state index in [9.17, 15) is 8.78 Å². The Morgan fingerprint density at radius 1 is 1.62 bits per heavy atom. The van der Waals surface area contributed by atoms with Crippen LogP contribution >= 0.6 is 15.9 Å². The van der Waals surface area contributed by atoms with Gasteiger partial charge in [-0.15, -0.1) is 0 Å². The van der Waals surface area contributed by atoms with Crippen molar-refractivity contribution in [3.8, 4) is 0 Å². The number of aromatic nitrogens is 2. The Labute approximate surface area is 81.5 Å². The Hall–Kier alpha value is -0.490. The molecule has 13 heavy (non-hydrogen) atoms. The molecule has 0 saturated carbocycles. The number of aliphatic hydroxyl groups is 1. The van der Waals surface area contributed by atoms with E-state index in [2.05, 4.69) is 21.0 Å². The van der Waals surface area contributed by atoms with Crippen molar-refractivity contribution in [1.29, 1.82) is 0 Å². The van der Waals surface area contributed by atoms with Gasteiger partial charge in [-0.2, -0.15) is 5.10 Å². The average Bonchev–Trinajstić information content (AvgIpc) is 2.47. The molecule has 2 rings (SSSR count). The highest BCUT2D eigenvalue weighted by atomic mass is 79.9. The van der Waals surface area contributed by atoms with Gasteiger partial charge in [0.25, 0.3) is 5.92 Å². The van der Waals surface area contributed by atoms with E-state index in [0.29, 0.717) is 15.9 Å². The molecule has 0 aliphatic carbocycles. The number of rotatable bonds is 1. The molecule has 0 unspecified atom stereocenters. The third-order valence-electron chi connectivity index (χ3n) is 2.02. The molecule has 0 radical (unpaired) electrons. The maximum absolute atomic E-state index is 12.8. The fourth-order valence-corrected chi connectivity index (χ4v) is 2.00. The van der Waals surface area contributed by atoms with Crippen molar-refractivity contribution in [3.05, 3.63) is 15.9 Å². The van der Waals surface area contributed by atoms with Crippen LogP contribution in [0.5, 0.6) is 0 Å². The summed E-state index contributed by atoms with van der Waals surface area (Å²) in [7, 11) is 0. The van der Waals surface area contributed by atoms with Crippen molar-refractivity contribution < 1.29 is 13.9 Å². The largest absolute Gasteiger partial charge is 0.390 e. The van der Waals surface area contributed by atoms with E-state index in [1.165, 1.54) is 4.68 Å². The number of fused-ring (bicyclic) bond motifs is 1. The average molecular weight is 253 g/mol. The third-order valence-corrected chi connectivity index (χ3v) is 2.93. The summed E-state index contributed by atoms with van der Waals surface area (Å²) >= 11 is 3.14. The molecule has 3 nitrogen and oxygen atoms in total. The molecule has 1 aromatic heterocycles. The van der Waals surface area contributed by atoms with E-state index >= 15 is 0 Å². The molecular formula is C7H7BrF2N2O. The summed E-state index contributed by atoms with van der Waals surface area (Å²) in [6.07, 6.45) is -0.305. The van der Waals surface area contributed by atoms with Gasteiger partial charge in [0.2, 0.25) is 0 Å². The lowest BCUT2D eigenvalue weighted by Crippen LogP contribution is -2.18. The molecule has 0 fully saturated rings. The van der Waals surface area contributed by atoms with Crippen molar-refractivity contribution in [2.75, 3.05) is 0 Å². The summed E-state index contributed by atoms with van der Waals surface area (Å²) in [5, 5.41) is 12.7. The summed E-state index contributed by atoms with van der Waals surface area (Å²) < 4.78 is 27.4. The second-order valence-corrected chi connectivity index (χ2v) is 3.85. The van der Waals surface area contributed by atoms with Crippen LogP contribution in [0.2, 0.25) is 0 Å². The zero-order valence-electron chi connectivity index (χ0n) is 6.60. The second-order valence-electron chi connectivity index (χ2n) is 3.06. The Morgan fingerprint density at radius 2 is 2.31 bits per heavy atom. The van der Waals surface area contributed by atoms with Crippen LogP contribution in [0.4, 0.5) is 8.78 Å². The minimum atomic E-state index is -2.70. The van der Waals surface area contributed by atoms with Crippen LogP contribution in [-0.4, -0.2) is 20.8 Å². The van der Waals surface area contributed by atoms with Gasteiger partial charge in [-0.05, 0) is 15.9 Å². The van der Waals surface area contributed by atoms with Crippen LogP contribution in [0.15, 0.2) is 4.47 Å². The van der Waals surface area contributed by atoms with Crippen LogP contribution in [0.1, 0.15) is 11.4 Å². The smallest absolute Gasteiger partial charge is 0.272 e. The van der Waals surface area contributed by atoms with E-state index in [4.69, 9.17) is 5.11 Å². The molecule has 0 aromatic carbocycles. The molecule has 72 valence electrons. The zero-order valence-corrected chi connectivity index (χ0v) is 8.18. The highest BCUT2D eigenvalue weighted by Gasteiger charge is 2.40. The first kappa shape index (κ1) is 9.08. The fourth-order valence-electron chi connectivity index (χ4n) is 1.45. The first-order chi connectivity index (χ1) is 6.03. The summed E-state index contributed by atoms with van der Waals surface area (Å²) in [4.78, 5) is 0. The van der Waals surface area contributed by atoms with E-state index < -0.39 is 5.92 Å². The van der Waals surface area contributed by atoms with Crippen LogP contribution in [0.25, 0.3) is 0 Å². The van der Waals surface area contributed by atoms with Crippen LogP contribution < -0.4 is 0 Å². The minimum Gasteiger partial charge on any atom is -0.390 e. The van der Waals surface area contributed by atoms with Crippen molar-refractivity contribution in [2.45, 2.75) is 25.5 Å². The molecule has 6 heteroatoms. The van der Waals surface area contributed by atoms with E-state index in [0.717, 1.165) is 0 Å². The van der Waals surface area contributed by atoms with Gasteiger partial charge < -0.3 is 5.11 Å². The normalized spacial score (nSPS) is 19.1. The number of nitrogens with zero attached hydrogens (tertiary/aromatic N) is 2. The Morgan fingerprint density at radius 3 is 2.85 bits per heavy atom. The summed E-state index contributed by atoms with van der Waals surface area (Å²) in [6.45, 7) is -0.618. The maximum Gasteiger partial charge on any atom is 0.272 e. The van der Waals surface area contributed by atoms with Crippen molar-refractivity contribution in [1.82, 2.24) is 9.78 Å². The topological polar surface area (TPSA) is 38.1 Å². The number of halogens is 3. The maximum atomic E-state index is 12.8. The molecule has 2 heterocycles. The summed E-state index contributed by atoms with van der Waals surface area (Å²) in [6, 6.07) is 0. The molecule has 1 aliphatic rings. The van der Waals surface area contributed by atoms with Crippen molar-refractivity contribution >= 4 is 15.9 Å². The molecule has 1 aliphatic heterocycles. The Kier molecular flexibility index (Phi) is 1.92. The minimum absolute atomic E-state index is 0.230. The fraction of sp³-hybridized carbons (Fsp3) is 0.571. The second kappa shape index (κ2) is 2.75. The van der Waals surface area contributed by atoms with Gasteiger partial charge in [0.15, 0.2) is 0 Å². The van der Waals surface area contributed by atoms with Gasteiger partial charge in [0.05, 0.1) is 23.2 Å². The van der Waals surface area contributed by atoms with Gasteiger partial charge in [0, 0.05) is 0 Å². The van der Waals surface area contributed by atoms with Gasteiger partial charge in [-0.3, -0.25) is 4.68 Å². The first-order valence-electron chi connectivity index (χ1n) is 3.76. The van der Waals surface area contributed by atoms with Crippen molar-refractivity contribution in [3.63, 3.8) is 0 Å². The number of aliphatic hydroxyl groups excluding tert-OH is 1. The Balaban J connectivity index is 2.41. The monoisotopic (exact) mass is 252 g/mol. The molecule has 0 amide bonds. The standard InChI is InChI=1S/C7H7BrF2N2O/c8-6-4(2-13)11-12-3-7(9,10)1-5(6)12/h13H,1-3H2. The van der Waals surface area contributed by atoms with Crippen LogP contribution in [0, 0.1) is 0 Å². The quantitative estimate of drug-likeness (QED) is 0.819. The SMILES string of the molecule is OCc1nn2c(c1Br)CC(F)(F)C2. The third kappa shape index (κ3) is 1.38. The van der Waals surface area contributed by atoms with E-state index in [-0.39, 0.29) is 19.6 Å². The molecule has 0 spiro atoms. The molecular weight excluding hydrogens is 246 g/mol.